The van der Waals surface area contributed by atoms with E-state index in [0.29, 0.717) is 33.7 Å². The molecule has 0 amide bonds. The third-order valence-electron chi connectivity index (χ3n) is 6.49. The first kappa shape index (κ1) is 20.3. The molecule has 2 saturated heterocycles. The average molecular weight is 454 g/mol. The topological polar surface area (TPSA) is 65.2 Å². The number of hydrogen-bond donors (Lipinski definition) is 0. The molecule has 6 nitrogen and oxygen atoms in total. The van der Waals surface area contributed by atoms with E-state index in [1.807, 2.05) is 12.1 Å². The molecule has 2 aromatic heterocycles. The fraction of sp³-hybridized carbons (Fsp3) is 0.348. The third kappa shape index (κ3) is 3.57. The van der Waals surface area contributed by atoms with Crippen LogP contribution >= 0.6 is 23.2 Å². The van der Waals surface area contributed by atoms with Gasteiger partial charge in [0.15, 0.2) is 0 Å². The standard InChI is InChI=1S/C23H21Cl2N5O/c1-28-19-6-7-20(25)27-21(19)22(18(8-26)23(28)31)30-12-15-10-29(11-16(15)13-30)9-14-2-4-17(24)5-3-14/h2-7,15-16H,9-13H2,1H3. The molecular formula is C23H21Cl2N5O. The highest BCUT2D eigenvalue weighted by atomic mass is 35.5. The van der Waals surface area contributed by atoms with Gasteiger partial charge in [-0.2, -0.15) is 5.26 Å². The summed E-state index contributed by atoms with van der Waals surface area (Å²) in [6.07, 6.45) is 0. The van der Waals surface area contributed by atoms with E-state index in [0.717, 1.165) is 37.7 Å². The van der Waals surface area contributed by atoms with Gasteiger partial charge in [0.05, 0.1) is 11.2 Å². The molecule has 5 rings (SSSR count). The molecule has 0 radical (unpaired) electrons. The molecule has 158 valence electrons. The summed E-state index contributed by atoms with van der Waals surface area (Å²) in [5.74, 6) is 0.967. The second-order valence-corrected chi connectivity index (χ2v) is 9.27. The van der Waals surface area contributed by atoms with Crippen LogP contribution in [0.1, 0.15) is 11.1 Å². The molecule has 3 aromatic rings. The van der Waals surface area contributed by atoms with E-state index in [4.69, 9.17) is 23.2 Å². The van der Waals surface area contributed by atoms with Crippen LogP contribution in [-0.2, 0) is 13.6 Å². The van der Waals surface area contributed by atoms with Crippen molar-refractivity contribution in [2.24, 2.45) is 18.9 Å². The van der Waals surface area contributed by atoms with Gasteiger partial charge in [-0.05, 0) is 41.7 Å². The molecule has 8 heteroatoms. The van der Waals surface area contributed by atoms with Crippen LogP contribution in [0.2, 0.25) is 10.2 Å². The van der Waals surface area contributed by atoms with Crippen LogP contribution in [0, 0.1) is 23.2 Å². The van der Waals surface area contributed by atoms with Crippen LogP contribution in [0.25, 0.3) is 11.0 Å². The molecule has 2 unspecified atom stereocenters. The van der Waals surface area contributed by atoms with Crippen molar-refractivity contribution in [2.45, 2.75) is 6.54 Å². The van der Waals surface area contributed by atoms with Crippen LogP contribution in [0.15, 0.2) is 41.2 Å². The average Bonchev–Trinajstić information content (AvgIpc) is 3.30. The number of pyridine rings is 2. The first-order valence-electron chi connectivity index (χ1n) is 10.3. The quantitative estimate of drug-likeness (QED) is 0.565. The fourth-order valence-corrected chi connectivity index (χ4v) is 5.30. The first-order valence-corrected chi connectivity index (χ1v) is 11.0. The molecule has 0 spiro atoms. The molecular weight excluding hydrogens is 433 g/mol. The normalized spacial score (nSPS) is 20.9. The summed E-state index contributed by atoms with van der Waals surface area (Å²) in [6.45, 7) is 4.48. The Morgan fingerprint density at radius 1 is 1.06 bits per heavy atom. The number of likely N-dealkylation sites (tertiary alicyclic amines) is 1. The van der Waals surface area contributed by atoms with E-state index in [1.165, 1.54) is 10.1 Å². The van der Waals surface area contributed by atoms with Gasteiger partial charge in [-0.15, -0.1) is 0 Å². The van der Waals surface area contributed by atoms with Crippen LogP contribution in [-0.4, -0.2) is 40.6 Å². The molecule has 2 aliphatic rings. The molecule has 0 aliphatic carbocycles. The summed E-state index contributed by atoms with van der Waals surface area (Å²) in [5, 5.41) is 10.9. The maximum Gasteiger partial charge on any atom is 0.270 e. The Bertz CT molecular complexity index is 1250. The third-order valence-corrected chi connectivity index (χ3v) is 6.95. The lowest BCUT2D eigenvalue weighted by Gasteiger charge is -2.25. The number of anilines is 1. The highest BCUT2D eigenvalue weighted by Crippen LogP contribution is 2.38. The predicted molar refractivity (Wildman–Crippen MR) is 123 cm³/mol. The van der Waals surface area contributed by atoms with Crippen molar-refractivity contribution in [1.82, 2.24) is 14.5 Å². The predicted octanol–water partition coefficient (Wildman–Crippen LogP) is 3.68. The number of halogens is 2. The molecule has 2 atom stereocenters. The second-order valence-electron chi connectivity index (χ2n) is 8.45. The summed E-state index contributed by atoms with van der Waals surface area (Å²) in [6, 6.07) is 13.6. The van der Waals surface area contributed by atoms with Gasteiger partial charge in [0.1, 0.15) is 22.3 Å². The van der Waals surface area contributed by atoms with Crippen molar-refractivity contribution in [1.29, 1.82) is 5.26 Å². The van der Waals surface area contributed by atoms with Gasteiger partial charge in [-0.3, -0.25) is 9.69 Å². The minimum absolute atomic E-state index is 0.141. The zero-order valence-electron chi connectivity index (χ0n) is 17.1. The van der Waals surface area contributed by atoms with Crippen LogP contribution in [0.4, 0.5) is 5.69 Å². The molecule has 0 saturated carbocycles. The minimum Gasteiger partial charge on any atom is -0.368 e. The van der Waals surface area contributed by atoms with Crippen molar-refractivity contribution in [3.63, 3.8) is 0 Å². The summed E-state index contributed by atoms with van der Waals surface area (Å²) < 4.78 is 1.48. The largest absolute Gasteiger partial charge is 0.368 e. The zero-order chi connectivity index (χ0) is 21.7. The highest BCUT2D eigenvalue weighted by molar-refractivity contribution is 6.30. The van der Waals surface area contributed by atoms with Crippen molar-refractivity contribution >= 4 is 39.9 Å². The molecule has 1 aromatic carbocycles. The smallest absolute Gasteiger partial charge is 0.270 e. The van der Waals surface area contributed by atoms with E-state index >= 15 is 0 Å². The van der Waals surface area contributed by atoms with Crippen LogP contribution in [0.5, 0.6) is 0 Å². The van der Waals surface area contributed by atoms with Gasteiger partial charge < -0.3 is 9.47 Å². The molecule has 2 fully saturated rings. The zero-order valence-corrected chi connectivity index (χ0v) is 18.6. The van der Waals surface area contributed by atoms with Crippen molar-refractivity contribution in [3.8, 4) is 6.07 Å². The summed E-state index contributed by atoms with van der Waals surface area (Å²) in [7, 11) is 1.66. The van der Waals surface area contributed by atoms with Crippen molar-refractivity contribution in [3.05, 3.63) is 68.1 Å². The number of hydrogen-bond acceptors (Lipinski definition) is 5. The number of rotatable bonds is 3. The lowest BCUT2D eigenvalue weighted by molar-refractivity contribution is 0.309. The van der Waals surface area contributed by atoms with Crippen LogP contribution < -0.4 is 10.5 Å². The fourth-order valence-electron chi connectivity index (χ4n) is 5.03. The maximum atomic E-state index is 12.8. The van der Waals surface area contributed by atoms with Gasteiger partial charge in [-0.25, -0.2) is 4.98 Å². The summed E-state index contributed by atoms with van der Waals surface area (Å²) in [5.41, 5.74) is 3.03. The number of aromatic nitrogens is 2. The number of fused-ring (bicyclic) bond motifs is 2. The second kappa shape index (κ2) is 7.83. The Morgan fingerprint density at radius 3 is 2.39 bits per heavy atom. The minimum atomic E-state index is -0.296. The van der Waals surface area contributed by atoms with Gasteiger partial charge in [0.2, 0.25) is 0 Å². The van der Waals surface area contributed by atoms with Gasteiger partial charge in [0, 0.05) is 44.8 Å². The highest BCUT2D eigenvalue weighted by Gasteiger charge is 2.41. The van der Waals surface area contributed by atoms with Gasteiger partial charge >= 0.3 is 0 Å². The van der Waals surface area contributed by atoms with Gasteiger partial charge in [-0.1, -0.05) is 35.3 Å². The molecule has 0 N–H and O–H groups in total. The molecule has 0 bridgehead atoms. The summed E-state index contributed by atoms with van der Waals surface area (Å²) >= 11 is 12.2. The molecule has 4 heterocycles. The Balaban J connectivity index is 1.42. The van der Waals surface area contributed by atoms with E-state index in [-0.39, 0.29) is 11.1 Å². The number of nitrogens with zero attached hydrogens (tertiary/aromatic N) is 5. The van der Waals surface area contributed by atoms with Crippen LogP contribution in [0.3, 0.4) is 0 Å². The van der Waals surface area contributed by atoms with E-state index in [1.54, 1.807) is 19.2 Å². The van der Waals surface area contributed by atoms with Crippen molar-refractivity contribution in [2.75, 3.05) is 31.1 Å². The Labute approximate surface area is 190 Å². The summed E-state index contributed by atoms with van der Waals surface area (Å²) in [4.78, 5) is 22.0. The molecule has 31 heavy (non-hydrogen) atoms. The Morgan fingerprint density at radius 2 is 1.74 bits per heavy atom. The Hall–Kier alpha value is -2.59. The number of benzene rings is 1. The maximum absolute atomic E-state index is 12.8. The van der Waals surface area contributed by atoms with E-state index in [9.17, 15) is 10.1 Å². The SMILES string of the molecule is Cn1c(=O)c(C#N)c(N2CC3CN(Cc4ccc(Cl)cc4)CC3C2)c2nc(Cl)ccc21. The monoisotopic (exact) mass is 453 g/mol. The lowest BCUT2D eigenvalue weighted by Crippen LogP contribution is -2.32. The first-order chi connectivity index (χ1) is 14.9. The molecule has 2 aliphatic heterocycles. The van der Waals surface area contributed by atoms with E-state index in [2.05, 4.69) is 33.0 Å². The number of nitriles is 1. The lowest BCUT2D eigenvalue weighted by atomic mass is 10.0. The number of aryl methyl sites for hydroxylation is 1. The van der Waals surface area contributed by atoms with Crippen molar-refractivity contribution < 1.29 is 0 Å². The van der Waals surface area contributed by atoms with E-state index < -0.39 is 0 Å². The Kier molecular flexibility index (Phi) is 5.13. The van der Waals surface area contributed by atoms with Gasteiger partial charge in [0.25, 0.3) is 5.56 Å².